The fourth-order valence-corrected chi connectivity index (χ4v) is 6.73. The van der Waals surface area contributed by atoms with Crippen molar-refractivity contribution >= 4 is 103 Å². The number of hydrogen-bond donors (Lipinski definition) is 2. The van der Waals surface area contributed by atoms with Gasteiger partial charge in [0.25, 0.3) is 0 Å². The van der Waals surface area contributed by atoms with Crippen molar-refractivity contribution in [1.29, 1.82) is 0 Å². The van der Waals surface area contributed by atoms with Crippen molar-refractivity contribution in [1.82, 2.24) is 4.90 Å². The third kappa shape index (κ3) is 7.33. The second kappa shape index (κ2) is 11.2. The molecule has 0 radical (unpaired) electrons. The van der Waals surface area contributed by atoms with Crippen molar-refractivity contribution in [2.24, 2.45) is 0 Å². The lowest BCUT2D eigenvalue weighted by Crippen LogP contribution is -2.36. The number of halogens is 3. The summed E-state index contributed by atoms with van der Waals surface area (Å²) in [5.74, 6) is -0.294. The lowest BCUT2D eigenvalue weighted by molar-refractivity contribution is -0.119. The average molecular weight is 721 g/mol. The topological polar surface area (TPSA) is 61.4 Å². The molecule has 0 unspecified atom stereocenters. The Hall–Kier alpha value is -0.120. The maximum Gasteiger partial charge on any atom is 0.238 e. The Balaban J connectivity index is 1.90. The number of anilines is 2. The molecule has 0 spiro atoms. The molecule has 0 fully saturated rings. The molecule has 2 rings (SSSR count). The van der Waals surface area contributed by atoms with Gasteiger partial charge in [-0.25, -0.2) is 0 Å². The van der Waals surface area contributed by atoms with E-state index < -0.39 is 0 Å². The molecule has 0 aliphatic rings. The van der Waals surface area contributed by atoms with Crippen LogP contribution in [0.2, 0.25) is 0 Å². The average Bonchev–Trinajstić information content (AvgIpc) is 2.58. The van der Waals surface area contributed by atoms with Gasteiger partial charge < -0.3 is 10.6 Å². The third-order valence-corrected chi connectivity index (χ3v) is 6.60. The van der Waals surface area contributed by atoms with Gasteiger partial charge in [0.1, 0.15) is 0 Å². The molecular weight excluding hydrogens is 703 g/mol. The van der Waals surface area contributed by atoms with E-state index in [1.54, 1.807) is 23.7 Å². The predicted molar refractivity (Wildman–Crippen MR) is 138 cm³/mol. The van der Waals surface area contributed by atoms with Crippen LogP contribution in [-0.4, -0.2) is 43.1 Å². The summed E-state index contributed by atoms with van der Waals surface area (Å²) >= 11 is 8.26. The molecular formula is C18H18I3N3O2S. The molecule has 5 nitrogen and oxygen atoms in total. The maximum atomic E-state index is 12.4. The Morgan fingerprint density at radius 1 is 1.00 bits per heavy atom. The summed E-state index contributed by atoms with van der Waals surface area (Å²) in [7, 11) is 1.75. The Morgan fingerprint density at radius 2 is 1.56 bits per heavy atom. The summed E-state index contributed by atoms with van der Waals surface area (Å²) in [4.78, 5) is 27.3. The zero-order valence-corrected chi connectivity index (χ0v) is 22.0. The minimum Gasteiger partial charge on any atom is -0.324 e. The van der Waals surface area contributed by atoms with Crippen LogP contribution < -0.4 is 10.6 Å². The van der Waals surface area contributed by atoms with E-state index in [-0.39, 0.29) is 24.9 Å². The highest BCUT2D eigenvalue weighted by atomic mass is 127. The molecule has 0 saturated carbocycles. The van der Waals surface area contributed by atoms with Crippen molar-refractivity contribution in [3.05, 3.63) is 47.1 Å². The molecule has 0 aliphatic heterocycles. The highest BCUT2D eigenvalue weighted by Crippen LogP contribution is 2.27. The quantitative estimate of drug-likeness (QED) is 0.321. The SMILES string of the molecule is CSc1ccccc1NC(=O)CN(C)CC(=O)Nc1c(I)cc(I)cc1I. The van der Waals surface area contributed by atoms with Gasteiger partial charge in [-0.1, -0.05) is 12.1 Å². The molecule has 2 aromatic carbocycles. The smallest absolute Gasteiger partial charge is 0.238 e. The number of amides is 2. The highest BCUT2D eigenvalue weighted by Gasteiger charge is 2.15. The first kappa shape index (κ1) is 23.2. The molecule has 0 aliphatic carbocycles. The first-order valence-corrected chi connectivity index (χ1v) is 12.3. The first-order chi connectivity index (χ1) is 12.8. The van der Waals surface area contributed by atoms with Gasteiger partial charge in [-0.2, -0.15) is 0 Å². The molecule has 2 amide bonds. The van der Waals surface area contributed by atoms with E-state index in [1.807, 2.05) is 42.7 Å². The zero-order chi connectivity index (χ0) is 20.0. The van der Waals surface area contributed by atoms with Crippen LogP contribution in [0.3, 0.4) is 0 Å². The van der Waals surface area contributed by atoms with Crippen molar-refractivity contribution in [2.75, 3.05) is 37.0 Å². The van der Waals surface area contributed by atoms with Crippen LogP contribution in [0.1, 0.15) is 0 Å². The van der Waals surface area contributed by atoms with Crippen LogP contribution in [0, 0.1) is 10.7 Å². The number of carbonyl (C=O) groups excluding carboxylic acids is 2. The fraction of sp³-hybridized carbons (Fsp3) is 0.222. The molecule has 0 aromatic heterocycles. The van der Waals surface area contributed by atoms with Crippen LogP contribution in [0.4, 0.5) is 11.4 Å². The number of thioether (sulfide) groups is 1. The van der Waals surface area contributed by atoms with Crippen LogP contribution in [0.25, 0.3) is 0 Å². The summed E-state index contributed by atoms with van der Waals surface area (Å²) in [5, 5.41) is 5.85. The minimum atomic E-state index is -0.148. The normalized spacial score (nSPS) is 10.7. The Bertz CT molecular complexity index is 825. The van der Waals surface area contributed by atoms with E-state index >= 15 is 0 Å². The predicted octanol–water partition coefficient (Wildman–Crippen LogP) is 4.73. The second-order valence-electron chi connectivity index (χ2n) is 5.71. The second-order valence-corrected chi connectivity index (χ2v) is 10.1. The van der Waals surface area contributed by atoms with Crippen molar-refractivity contribution < 1.29 is 9.59 Å². The van der Waals surface area contributed by atoms with Crippen molar-refractivity contribution in [2.45, 2.75) is 4.90 Å². The van der Waals surface area contributed by atoms with E-state index in [0.29, 0.717) is 0 Å². The molecule has 2 aromatic rings. The van der Waals surface area contributed by atoms with Crippen LogP contribution in [-0.2, 0) is 9.59 Å². The highest BCUT2D eigenvalue weighted by molar-refractivity contribution is 14.1. The Morgan fingerprint density at radius 3 is 2.15 bits per heavy atom. The Kier molecular flexibility index (Phi) is 9.58. The standard InChI is InChI=1S/C18H18I3N3O2S/c1-24(9-16(25)22-14-5-3-4-6-15(14)27-2)10-17(26)23-18-12(20)7-11(19)8-13(18)21/h3-8H,9-10H2,1-2H3,(H,22,25)(H,23,26). The first-order valence-electron chi connectivity index (χ1n) is 7.86. The van der Waals surface area contributed by atoms with Gasteiger partial charge in [-0.05, 0) is 105 Å². The zero-order valence-electron chi connectivity index (χ0n) is 14.7. The van der Waals surface area contributed by atoms with Crippen molar-refractivity contribution in [3.8, 4) is 0 Å². The summed E-state index contributed by atoms with van der Waals surface area (Å²) in [6.07, 6.45) is 1.97. The van der Waals surface area contributed by atoms with Gasteiger partial charge in [-0.3, -0.25) is 14.5 Å². The van der Waals surface area contributed by atoms with Gasteiger partial charge in [-0.15, -0.1) is 11.8 Å². The van der Waals surface area contributed by atoms with Gasteiger partial charge in [0.05, 0.1) is 24.5 Å². The lowest BCUT2D eigenvalue weighted by Gasteiger charge is -2.17. The number of nitrogens with one attached hydrogen (secondary N) is 2. The molecule has 0 heterocycles. The van der Waals surface area contributed by atoms with Gasteiger partial charge in [0.2, 0.25) is 11.8 Å². The monoisotopic (exact) mass is 721 g/mol. The van der Waals surface area contributed by atoms with Crippen LogP contribution >= 0.6 is 79.5 Å². The molecule has 2 N–H and O–H groups in total. The molecule has 144 valence electrons. The summed E-state index contributed by atoms with van der Waals surface area (Å²) in [6.45, 7) is 0.271. The number of carbonyl (C=O) groups is 2. The van der Waals surface area contributed by atoms with Gasteiger partial charge in [0, 0.05) is 15.6 Å². The molecule has 27 heavy (non-hydrogen) atoms. The summed E-state index contributed by atoms with van der Waals surface area (Å²) < 4.78 is 3.11. The van der Waals surface area contributed by atoms with E-state index in [2.05, 4.69) is 78.4 Å². The number of likely N-dealkylation sites (N-methyl/N-ethyl adjacent to an activating group) is 1. The van der Waals surface area contributed by atoms with E-state index in [9.17, 15) is 9.59 Å². The molecule has 0 bridgehead atoms. The maximum absolute atomic E-state index is 12.4. The van der Waals surface area contributed by atoms with E-state index in [1.165, 1.54) is 0 Å². The van der Waals surface area contributed by atoms with Crippen LogP contribution in [0.15, 0.2) is 41.3 Å². The third-order valence-electron chi connectivity index (χ3n) is 3.48. The van der Waals surface area contributed by atoms with Gasteiger partial charge in [0.15, 0.2) is 0 Å². The number of para-hydroxylation sites is 1. The van der Waals surface area contributed by atoms with Crippen molar-refractivity contribution in [3.63, 3.8) is 0 Å². The lowest BCUT2D eigenvalue weighted by atomic mass is 10.3. The number of rotatable bonds is 7. The minimum absolute atomic E-state index is 0.135. The van der Waals surface area contributed by atoms with E-state index in [0.717, 1.165) is 27.0 Å². The Labute approximate surface area is 204 Å². The number of nitrogens with zero attached hydrogens (tertiary/aromatic N) is 1. The number of benzene rings is 2. The summed E-state index contributed by atoms with van der Waals surface area (Å²) in [6, 6.07) is 11.7. The largest absolute Gasteiger partial charge is 0.324 e. The summed E-state index contributed by atoms with van der Waals surface area (Å²) in [5.41, 5.74) is 1.60. The van der Waals surface area contributed by atoms with Gasteiger partial charge >= 0.3 is 0 Å². The molecule has 0 atom stereocenters. The molecule has 0 saturated heterocycles. The van der Waals surface area contributed by atoms with E-state index in [4.69, 9.17) is 0 Å². The van der Waals surface area contributed by atoms with Crippen LogP contribution in [0.5, 0.6) is 0 Å². The molecule has 9 heteroatoms. The number of hydrogen-bond acceptors (Lipinski definition) is 4. The fourth-order valence-electron chi connectivity index (χ4n) is 2.32.